The molecule has 0 fully saturated rings. The molecule has 0 spiro atoms. The summed E-state index contributed by atoms with van der Waals surface area (Å²) >= 11 is 2.88. The first-order valence-electron chi connectivity index (χ1n) is 7.72. The zero-order valence-corrected chi connectivity index (χ0v) is 16.4. The lowest BCUT2D eigenvalue weighted by atomic mass is 10.1. The Labute approximate surface area is 163 Å². The summed E-state index contributed by atoms with van der Waals surface area (Å²) in [4.78, 5) is 24.1. The van der Waals surface area contributed by atoms with E-state index in [-0.39, 0.29) is 33.5 Å². The molecule has 1 amide bonds. The van der Waals surface area contributed by atoms with E-state index < -0.39 is 23.5 Å². The third kappa shape index (κ3) is 4.73. The molecule has 144 valence electrons. The zero-order valence-electron chi connectivity index (χ0n) is 14.8. The summed E-state index contributed by atoms with van der Waals surface area (Å²) in [5, 5.41) is 5.44. The summed E-state index contributed by atoms with van der Waals surface area (Å²) in [5.74, 6) is -2.33. The van der Waals surface area contributed by atoms with Crippen LogP contribution in [0.1, 0.15) is 15.9 Å². The number of esters is 1. The lowest BCUT2D eigenvalue weighted by Gasteiger charge is -2.16. The standard InChI is InChI=1S/C18H17BrF2N2O4/c1-22-14-5-10(18(25)27-3)6-15(26-2)17(14)23-16(24)7-9-4-13(21)11(19)8-12(9)20/h4-6,8,22H,7H2,1-3H3,(H,23,24). The van der Waals surface area contributed by atoms with E-state index in [1.165, 1.54) is 26.4 Å². The van der Waals surface area contributed by atoms with Crippen LogP contribution in [-0.4, -0.2) is 33.1 Å². The highest BCUT2D eigenvalue weighted by molar-refractivity contribution is 9.10. The van der Waals surface area contributed by atoms with Crippen LogP contribution >= 0.6 is 15.9 Å². The first-order chi connectivity index (χ1) is 12.8. The Kier molecular flexibility index (Phi) is 6.73. The number of amides is 1. The van der Waals surface area contributed by atoms with Gasteiger partial charge in [0.2, 0.25) is 5.91 Å². The van der Waals surface area contributed by atoms with Crippen LogP contribution < -0.4 is 15.4 Å². The second-order valence-corrected chi connectivity index (χ2v) is 6.28. The van der Waals surface area contributed by atoms with Crippen LogP contribution in [0.2, 0.25) is 0 Å². The van der Waals surface area contributed by atoms with Gasteiger partial charge in [-0.3, -0.25) is 4.79 Å². The number of carbonyl (C=O) groups excluding carboxylic acids is 2. The number of nitrogens with one attached hydrogen (secondary N) is 2. The minimum absolute atomic E-state index is 0.0262. The number of methoxy groups -OCH3 is 2. The Hall–Kier alpha value is -2.68. The Morgan fingerprint density at radius 3 is 2.41 bits per heavy atom. The Morgan fingerprint density at radius 2 is 1.81 bits per heavy atom. The van der Waals surface area contributed by atoms with Gasteiger partial charge in [-0.15, -0.1) is 0 Å². The molecule has 0 saturated carbocycles. The van der Waals surface area contributed by atoms with Gasteiger partial charge in [-0.2, -0.15) is 0 Å². The van der Waals surface area contributed by atoms with Gasteiger partial charge in [0.1, 0.15) is 23.1 Å². The van der Waals surface area contributed by atoms with E-state index in [4.69, 9.17) is 4.74 Å². The molecule has 2 rings (SSSR count). The molecule has 0 unspecified atom stereocenters. The highest BCUT2D eigenvalue weighted by Gasteiger charge is 2.19. The van der Waals surface area contributed by atoms with E-state index in [9.17, 15) is 18.4 Å². The maximum atomic E-state index is 13.9. The Balaban J connectivity index is 2.32. The number of carbonyl (C=O) groups is 2. The Morgan fingerprint density at radius 1 is 1.11 bits per heavy atom. The van der Waals surface area contributed by atoms with Gasteiger partial charge in [0.25, 0.3) is 0 Å². The molecular weight excluding hydrogens is 426 g/mol. The SMILES string of the molecule is CNc1cc(C(=O)OC)cc(OC)c1NC(=O)Cc1cc(F)c(Br)cc1F. The number of ether oxygens (including phenoxy) is 2. The summed E-state index contributed by atoms with van der Waals surface area (Å²) in [6, 6.07) is 4.80. The highest BCUT2D eigenvalue weighted by Crippen LogP contribution is 2.34. The van der Waals surface area contributed by atoms with Gasteiger partial charge in [-0.25, -0.2) is 13.6 Å². The smallest absolute Gasteiger partial charge is 0.338 e. The number of rotatable bonds is 6. The van der Waals surface area contributed by atoms with E-state index in [1.807, 2.05) is 0 Å². The normalized spacial score (nSPS) is 10.3. The summed E-state index contributed by atoms with van der Waals surface area (Å²) in [7, 11) is 4.21. The van der Waals surface area contributed by atoms with Crippen molar-refractivity contribution in [3.05, 3.63) is 51.5 Å². The molecule has 2 N–H and O–H groups in total. The predicted molar refractivity (Wildman–Crippen MR) is 100 cm³/mol. The van der Waals surface area contributed by atoms with Crippen molar-refractivity contribution in [3.63, 3.8) is 0 Å². The number of halogens is 3. The van der Waals surface area contributed by atoms with Gasteiger partial charge in [-0.05, 0) is 40.2 Å². The van der Waals surface area contributed by atoms with Gasteiger partial charge >= 0.3 is 5.97 Å². The van der Waals surface area contributed by atoms with Crippen LogP contribution in [0.3, 0.4) is 0 Å². The number of hydrogen-bond donors (Lipinski definition) is 2. The fourth-order valence-electron chi connectivity index (χ4n) is 2.39. The third-order valence-corrected chi connectivity index (χ3v) is 4.32. The summed E-state index contributed by atoms with van der Waals surface area (Å²) in [6.45, 7) is 0. The van der Waals surface area contributed by atoms with Gasteiger partial charge in [0, 0.05) is 12.6 Å². The van der Waals surface area contributed by atoms with Crippen LogP contribution in [0.15, 0.2) is 28.7 Å². The predicted octanol–water partition coefficient (Wildman–Crippen LogP) is 3.75. The van der Waals surface area contributed by atoms with Gasteiger partial charge < -0.3 is 20.1 Å². The first-order valence-corrected chi connectivity index (χ1v) is 8.51. The van der Waals surface area contributed by atoms with Crippen LogP contribution in [0, 0.1) is 11.6 Å². The molecule has 27 heavy (non-hydrogen) atoms. The lowest BCUT2D eigenvalue weighted by molar-refractivity contribution is -0.115. The largest absolute Gasteiger partial charge is 0.494 e. The van der Waals surface area contributed by atoms with Crippen molar-refractivity contribution < 1.29 is 27.8 Å². The maximum absolute atomic E-state index is 13.9. The molecule has 0 bridgehead atoms. The van der Waals surface area contributed by atoms with Gasteiger partial charge in [-0.1, -0.05) is 0 Å². The monoisotopic (exact) mass is 442 g/mol. The molecule has 2 aromatic rings. The minimum atomic E-state index is -0.708. The van der Waals surface area contributed by atoms with Crippen LogP contribution in [0.4, 0.5) is 20.2 Å². The van der Waals surface area contributed by atoms with Crippen molar-refractivity contribution >= 4 is 39.2 Å². The molecule has 0 aliphatic heterocycles. The van der Waals surface area contributed by atoms with Crippen molar-refractivity contribution in [2.24, 2.45) is 0 Å². The van der Waals surface area contributed by atoms with Crippen molar-refractivity contribution in [3.8, 4) is 5.75 Å². The fraction of sp³-hybridized carbons (Fsp3) is 0.222. The molecule has 0 aromatic heterocycles. The van der Waals surface area contributed by atoms with E-state index in [0.717, 1.165) is 12.1 Å². The molecule has 0 atom stereocenters. The van der Waals surface area contributed by atoms with E-state index in [1.54, 1.807) is 7.05 Å². The van der Waals surface area contributed by atoms with Crippen molar-refractivity contribution in [2.45, 2.75) is 6.42 Å². The lowest BCUT2D eigenvalue weighted by Crippen LogP contribution is -2.17. The average molecular weight is 443 g/mol. The highest BCUT2D eigenvalue weighted by atomic mass is 79.9. The van der Waals surface area contributed by atoms with Gasteiger partial charge in [0.05, 0.1) is 36.4 Å². The Bertz CT molecular complexity index is 865. The molecule has 9 heteroatoms. The summed E-state index contributed by atoms with van der Waals surface area (Å²) < 4.78 is 37.4. The topological polar surface area (TPSA) is 76.7 Å². The molecule has 0 radical (unpaired) electrons. The van der Waals surface area contributed by atoms with E-state index in [2.05, 4.69) is 31.3 Å². The van der Waals surface area contributed by atoms with Crippen molar-refractivity contribution in [2.75, 3.05) is 31.9 Å². The van der Waals surface area contributed by atoms with Gasteiger partial charge in [0.15, 0.2) is 0 Å². The number of anilines is 2. The van der Waals surface area contributed by atoms with E-state index >= 15 is 0 Å². The zero-order chi connectivity index (χ0) is 20.1. The fourth-order valence-corrected chi connectivity index (χ4v) is 2.71. The third-order valence-electron chi connectivity index (χ3n) is 3.72. The summed E-state index contributed by atoms with van der Waals surface area (Å²) in [6.07, 6.45) is -0.388. The first kappa shape index (κ1) is 20.6. The van der Waals surface area contributed by atoms with Crippen molar-refractivity contribution in [1.82, 2.24) is 0 Å². The molecule has 0 heterocycles. The van der Waals surface area contributed by atoms with E-state index in [0.29, 0.717) is 5.69 Å². The molecule has 0 saturated heterocycles. The summed E-state index contributed by atoms with van der Waals surface area (Å²) in [5.41, 5.74) is 0.781. The molecule has 2 aromatic carbocycles. The average Bonchev–Trinajstić information content (AvgIpc) is 2.65. The molecular formula is C18H17BrF2N2O4. The minimum Gasteiger partial charge on any atom is -0.494 e. The second kappa shape index (κ2) is 8.81. The number of benzene rings is 2. The maximum Gasteiger partial charge on any atom is 0.338 e. The molecule has 6 nitrogen and oxygen atoms in total. The molecule has 0 aliphatic carbocycles. The van der Waals surface area contributed by atoms with Crippen LogP contribution in [-0.2, 0) is 16.0 Å². The second-order valence-electron chi connectivity index (χ2n) is 5.43. The van der Waals surface area contributed by atoms with Crippen molar-refractivity contribution in [1.29, 1.82) is 0 Å². The van der Waals surface area contributed by atoms with Crippen LogP contribution in [0.5, 0.6) is 5.75 Å². The number of hydrogen-bond acceptors (Lipinski definition) is 5. The quantitative estimate of drug-likeness (QED) is 0.526. The van der Waals surface area contributed by atoms with Crippen LogP contribution in [0.25, 0.3) is 0 Å². The molecule has 0 aliphatic rings.